The molecule has 0 radical (unpaired) electrons. The number of hydrogen-bond donors (Lipinski definition) is 0. The van der Waals surface area contributed by atoms with Crippen molar-refractivity contribution in [2.24, 2.45) is 0 Å². The summed E-state index contributed by atoms with van der Waals surface area (Å²) in [6.45, 7) is 6.72. The molecule has 6 heteroatoms. The Morgan fingerprint density at radius 3 is 1.65 bits per heavy atom. The van der Waals surface area contributed by atoms with E-state index in [4.69, 9.17) is 9.97 Å². The molecular weight excluding hydrogens is 673 g/mol. The largest absolute Gasteiger partial charge is 0.294 e. The number of nitrogens with zero attached hydrogens (tertiary/aromatic N) is 6. The normalized spacial score (nSPS) is 12.4. The molecule has 0 saturated carbocycles. The van der Waals surface area contributed by atoms with Gasteiger partial charge in [-0.15, -0.1) is 0 Å². The molecule has 0 aliphatic carbocycles. The van der Waals surface area contributed by atoms with Crippen LogP contribution in [0, 0.1) is 0 Å². The molecule has 4 aromatic carbocycles. The fraction of sp³-hybridized carbons (Fsp3) is 0.0204. The number of benzene rings is 4. The molecule has 0 aliphatic heterocycles. The molecule has 0 N–H and O–H groups in total. The Balaban J connectivity index is 1.10. The molecule has 0 aliphatic rings. The number of fused-ring (bicyclic) bond motifs is 7. The smallest absolute Gasteiger partial charge is 0.138 e. The van der Waals surface area contributed by atoms with Crippen molar-refractivity contribution >= 4 is 71.1 Å². The highest BCUT2D eigenvalue weighted by molar-refractivity contribution is 6.10. The number of hydrogen-bond acceptors (Lipinski definition) is 4. The number of para-hydroxylation sites is 2. The van der Waals surface area contributed by atoms with E-state index in [0.717, 1.165) is 94.3 Å². The van der Waals surface area contributed by atoms with E-state index >= 15 is 0 Å². The first-order valence-corrected chi connectivity index (χ1v) is 18.3. The van der Waals surface area contributed by atoms with Crippen LogP contribution in [-0.2, 0) is 0 Å². The van der Waals surface area contributed by atoms with E-state index in [1.165, 1.54) is 5.39 Å². The molecule has 6 aromatic heterocycles. The van der Waals surface area contributed by atoms with E-state index in [9.17, 15) is 0 Å². The van der Waals surface area contributed by atoms with Crippen LogP contribution in [0.5, 0.6) is 0 Å². The standard InChI is InChI=1S/C49H34N6/c1-32(42-18-10-22-48(52-42)54-44-20-7-5-15-38(44)40-30-50-26-24-46(40)54)28-35(37-17-9-13-34-12-3-4-14-36(34)37)29-33(2)43-19-11-23-49(53-43)55-45-21-8-6-16-39(45)41-31-51-27-25-47(41)55/h3-31H,1H2,2H3/b33-29+,35-28+. The summed E-state index contributed by atoms with van der Waals surface area (Å²) in [4.78, 5) is 19.3. The van der Waals surface area contributed by atoms with Crippen LogP contribution in [0.2, 0.25) is 0 Å². The van der Waals surface area contributed by atoms with Crippen LogP contribution in [0.1, 0.15) is 23.9 Å². The van der Waals surface area contributed by atoms with Gasteiger partial charge in [0.05, 0.1) is 33.5 Å². The second-order valence-electron chi connectivity index (χ2n) is 13.7. The topological polar surface area (TPSA) is 61.4 Å². The number of pyridine rings is 4. The highest BCUT2D eigenvalue weighted by Crippen LogP contribution is 2.34. The molecule has 10 aromatic rings. The SMILES string of the molecule is C=C(/C=C(\C=C(/C)c1cccc(-n2c3ccccc3c3cnccc32)n1)c1cccc2ccccc12)c1cccc(-n2c3ccccc3c3cnccc32)n1. The molecule has 55 heavy (non-hydrogen) atoms. The van der Waals surface area contributed by atoms with E-state index in [1.54, 1.807) is 0 Å². The van der Waals surface area contributed by atoms with Crippen molar-refractivity contribution in [2.45, 2.75) is 6.92 Å². The van der Waals surface area contributed by atoms with Gasteiger partial charge in [-0.05, 0) is 101 Å². The summed E-state index contributed by atoms with van der Waals surface area (Å²) in [5.41, 5.74) is 9.94. The van der Waals surface area contributed by atoms with Gasteiger partial charge < -0.3 is 0 Å². The van der Waals surface area contributed by atoms with Gasteiger partial charge in [0, 0.05) is 46.3 Å². The van der Waals surface area contributed by atoms with Gasteiger partial charge in [0.25, 0.3) is 0 Å². The molecule has 0 saturated heterocycles. The Bertz CT molecular complexity index is 3080. The first-order chi connectivity index (χ1) is 27.1. The van der Waals surface area contributed by atoms with Crippen LogP contribution in [-0.4, -0.2) is 29.1 Å². The van der Waals surface area contributed by atoms with E-state index in [0.29, 0.717) is 0 Å². The second-order valence-corrected chi connectivity index (χ2v) is 13.7. The van der Waals surface area contributed by atoms with Gasteiger partial charge in [-0.2, -0.15) is 0 Å². The Hall–Kier alpha value is -7.44. The van der Waals surface area contributed by atoms with Crippen molar-refractivity contribution in [3.63, 3.8) is 0 Å². The molecule has 0 atom stereocenters. The number of rotatable bonds is 7. The lowest BCUT2D eigenvalue weighted by Gasteiger charge is -2.13. The summed E-state index contributed by atoms with van der Waals surface area (Å²) in [5, 5.41) is 6.82. The summed E-state index contributed by atoms with van der Waals surface area (Å²) in [7, 11) is 0. The van der Waals surface area contributed by atoms with Crippen LogP contribution in [0.25, 0.3) is 82.7 Å². The maximum absolute atomic E-state index is 5.26. The lowest BCUT2D eigenvalue weighted by atomic mass is 9.94. The van der Waals surface area contributed by atoms with Crippen LogP contribution in [0.4, 0.5) is 0 Å². The highest BCUT2D eigenvalue weighted by Gasteiger charge is 2.16. The van der Waals surface area contributed by atoms with Gasteiger partial charge in [0.1, 0.15) is 11.6 Å². The van der Waals surface area contributed by atoms with Crippen LogP contribution >= 0.6 is 0 Å². The molecule has 6 nitrogen and oxygen atoms in total. The van der Waals surface area contributed by atoms with Crippen molar-refractivity contribution in [1.82, 2.24) is 29.1 Å². The Morgan fingerprint density at radius 2 is 1.00 bits per heavy atom. The summed E-state index contributed by atoms with van der Waals surface area (Å²) in [6, 6.07) is 48.2. The first kappa shape index (κ1) is 32.2. The van der Waals surface area contributed by atoms with Crippen molar-refractivity contribution < 1.29 is 0 Å². The third-order valence-corrected chi connectivity index (χ3v) is 10.4. The number of allylic oxidation sites excluding steroid dienone is 5. The summed E-state index contributed by atoms with van der Waals surface area (Å²) in [6.07, 6.45) is 11.9. The summed E-state index contributed by atoms with van der Waals surface area (Å²) >= 11 is 0. The van der Waals surface area contributed by atoms with Gasteiger partial charge in [0.2, 0.25) is 0 Å². The average Bonchev–Trinajstić information content (AvgIpc) is 3.76. The zero-order chi connectivity index (χ0) is 36.9. The van der Waals surface area contributed by atoms with Crippen LogP contribution in [0.15, 0.2) is 183 Å². The zero-order valence-corrected chi connectivity index (χ0v) is 30.1. The lowest BCUT2D eigenvalue weighted by Crippen LogP contribution is -2.00. The van der Waals surface area contributed by atoms with E-state index in [1.807, 2.05) is 36.9 Å². The molecule has 260 valence electrons. The van der Waals surface area contributed by atoms with Gasteiger partial charge in [-0.25, -0.2) is 9.97 Å². The Morgan fingerprint density at radius 1 is 0.491 bits per heavy atom. The first-order valence-electron chi connectivity index (χ1n) is 18.3. The van der Waals surface area contributed by atoms with Gasteiger partial charge in [0.15, 0.2) is 0 Å². The van der Waals surface area contributed by atoms with Crippen molar-refractivity contribution in [2.75, 3.05) is 0 Å². The van der Waals surface area contributed by atoms with E-state index in [-0.39, 0.29) is 0 Å². The molecular formula is C49H34N6. The van der Waals surface area contributed by atoms with Gasteiger partial charge in [-0.1, -0.05) is 97.6 Å². The Kier molecular flexibility index (Phi) is 7.74. The minimum absolute atomic E-state index is 0.794. The van der Waals surface area contributed by atoms with Crippen molar-refractivity contribution in [3.05, 3.63) is 200 Å². The third kappa shape index (κ3) is 5.51. The predicted molar refractivity (Wildman–Crippen MR) is 227 cm³/mol. The summed E-state index contributed by atoms with van der Waals surface area (Å²) < 4.78 is 4.42. The monoisotopic (exact) mass is 706 g/mol. The minimum Gasteiger partial charge on any atom is -0.294 e. The lowest BCUT2D eigenvalue weighted by molar-refractivity contribution is 1.07. The number of aromatic nitrogens is 6. The average molecular weight is 707 g/mol. The molecule has 0 fully saturated rings. The zero-order valence-electron chi connectivity index (χ0n) is 30.1. The van der Waals surface area contributed by atoms with Crippen LogP contribution < -0.4 is 0 Å². The summed E-state index contributed by atoms with van der Waals surface area (Å²) in [5.74, 6) is 1.68. The molecule has 0 bridgehead atoms. The highest BCUT2D eigenvalue weighted by atomic mass is 15.1. The fourth-order valence-corrected chi connectivity index (χ4v) is 7.86. The van der Waals surface area contributed by atoms with Crippen molar-refractivity contribution in [3.8, 4) is 11.6 Å². The molecule has 6 heterocycles. The van der Waals surface area contributed by atoms with Gasteiger partial charge in [-0.3, -0.25) is 19.1 Å². The molecule has 10 rings (SSSR count). The predicted octanol–water partition coefficient (Wildman–Crippen LogP) is 11.8. The van der Waals surface area contributed by atoms with Gasteiger partial charge >= 0.3 is 0 Å². The quantitative estimate of drug-likeness (QED) is 0.155. The maximum atomic E-state index is 5.26. The molecule has 0 unspecified atom stereocenters. The maximum Gasteiger partial charge on any atom is 0.138 e. The molecule has 0 spiro atoms. The van der Waals surface area contributed by atoms with Crippen LogP contribution in [0.3, 0.4) is 0 Å². The second kappa shape index (κ2) is 13.2. The molecule has 0 amide bonds. The fourth-order valence-electron chi connectivity index (χ4n) is 7.86. The van der Waals surface area contributed by atoms with E-state index in [2.05, 4.69) is 172 Å². The minimum atomic E-state index is 0.794. The Labute approximate surface area is 317 Å². The third-order valence-electron chi connectivity index (χ3n) is 10.4. The van der Waals surface area contributed by atoms with Crippen molar-refractivity contribution in [1.29, 1.82) is 0 Å². The van der Waals surface area contributed by atoms with E-state index < -0.39 is 0 Å².